The summed E-state index contributed by atoms with van der Waals surface area (Å²) in [5.74, 6) is 1.70. The number of nitrogens with zero attached hydrogens (tertiary/aromatic N) is 3. The Morgan fingerprint density at radius 3 is 3.00 bits per heavy atom. The summed E-state index contributed by atoms with van der Waals surface area (Å²) in [5, 5.41) is 7.76. The molecule has 1 heterocycles. The predicted octanol–water partition coefficient (Wildman–Crippen LogP) is 1.09. The molecule has 2 unspecified atom stereocenters. The van der Waals surface area contributed by atoms with Crippen LogP contribution >= 0.6 is 0 Å². The van der Waals surface area contributed by atoms with Gasteiger partial charge in [0.2, 0.25) is 0 Å². The van der Waals surface area contributed by atoms with Crippen molar-refractivity contribution in [3.05, 3.63) is 12.2 Å². The largest absolute Gasteiger partial charge is 0.307 e. The van der Waals surface area contributed by atoms with Gasteiger partial charge in [0, 0.05) is 13.1 Å². The van der Waals surface area contributed by atoms with Gasteiger partial charge in [-0.15, -0.1) is 0 Å². The minimum absolute atomic E-state index is 0.666. The van der Waals surface area contributed by atoms with Crippen molar-refractivity contribution in [1.29, 1.82) is 0 Å². The van der Waals surface area contributed by atoms with E-state index >= 15 is 0 Å². The average molecular weight is 194 g/mol. The number of rotatable bonds is 3. The Hall–Kier alpha value is -0.900. The lowest BCUT2D eigenvalue weighted by Crippen LogP contribution is -2.30. The molecule has 1 aromatic rings. The Morgan fingerprint density at radius 2 is 2.43 bits per heavy atom. The van der Waals surface area contributed by atoms with Crippen molar-refractivity contribution in [3.8, 4) is 0 Å². The van der Waals surface area contributed by atoms with Crippen LogP contribution in [0.5, 0.6) is 0 Å². The Morgan fingerprint density at radius 1 is 1.57 bits per heavy atom. The van der Waals surface area contributed by atoms with Gasteiger partial charge in [-0.3, -0.25) is 4.68 Å². The minimum atomic E-state index is 0.666. The smallest absolute Gasteiger partial charge is 0.164 e. The second kappa shape index (κ2) is 4.09. The van der Waals surface area contributed by atoms with E-state index in [4.69, 9.17) is 0 Å². The van der Waals surface area contributed by atoms with Crippen LogP contribution in [0.3, 0.4) is 0 Å². The minimum Gasteiger partial charge on any atom is -0.307 e. The molecule has 0 saturated heterocycles. The van der Waals surface area contributed by atoms with Crippen molar-refractivity contribution < 1.29 is 0 Å². The molecule has 4 nitrogen and oxygen atoms in total. The van der Waals surface area contributed by atoms with Gasteiger partial charge >= 0.3 is 0 Å². The Balaban J connectivity index is 1.82. The average Bonchev–Trinajstić information content (AvgIpc) is 2.72. The van der Waals surface area contributed by atoms with E-state index in [9.17, 15) is 0 Å². The molecule has 4 heteroatoms. The normalized spacial score (nSPS) is 27.0. The second-order valence-corrected chi connectivity index (χ2v) is 4.23. The van der Waals surface area contributed by atoms with Crippen LogP contribution < -0.4 is 5.32 Å². The monoisotopic (exact) mass is 194 g/mol. The zero-order chi connectivity index (χ0) is 9.97. The highest BCUT2D eigenvalue weighted by molar-refractivity contribution is 4.85. The van der Waals surface area contributed by atoms with Crippen LogP contribution in [-0.4, -0.2) is 20.8 Å². The summed E-state index contributed by atoms with van der Waals surface area (Å²) in [7, 11) is 1.90. The maximum atomic E-state index is 4.24. The number of aryl methyl sites for hydroxylation is 1. The highest BCUT2D eigenvalue weighted by Gasteiger charge is 2.22. The summed E-state index contributed by atoms with van der Waals surface area (Å²) in [6, 6.07) is 0.666. The first-order chi connectivity index (χ1) is 6.75. The fraction of sp³-hybridized carbons (Fsp3) is 0.800. The van der Waals surface area contributed by atoms with E-state index in [0.29, 0.717) is 6.04 Å². The van der Waals surface area contributed by atoms with E-state index in [0.717, 1.165) is 18.3 Å². The number of nitrogens with one attached hydrogen (secondary N) is 1. The molecule has 0 radical (unpaired) electrons. The van der Waals surface area contributed by atoms with Gasteiger partial charge in [-0.05, 0) is 18.8 Å². The zero-order valence-electron chi connectivity index (χ0n) is 8.90. The quantitative estimate of drug-likeness (QED) is 0.783. The third-order valence-corrected chi connectivity index (χ3v) is 3.03. The van der Waals surface area contributed by atoms with E-state index in [-0.39, 0.29) is 0 Å². The van der Waals surface area contributed by atoms with E-state index in [1.807, 2.05) is 7.05 Å². The van der Waals surface area contributed by atoms with Gasteiger partial charge < -0.3 is 5.32 Å². The summed E-state index contributed by atoms with van der Waals surface area (Å²) in [4.78, 5) is 4.19. The highest BCUT2D eigenvalue weighted by atomic mass is 15.3. The molecule has 0 spiro atoms. The van der Waals surface area contributed by atoms with E-state index < -0.39 is 0 Å². The lowest BCUT2D eigenvalue weighted by Gasteiger charge is -2.15. The third kappa shape index (κ3) is 2.12. The number of hydrogen-bond acceptors (Lipinski definition) is 3. The van der Waals surface area contributed by atoms with E-state index in [2.05, 4.69) is 22.3 Å². The fourth-order valence-electron chi connectivity index (χ4n) is 2.14. The summed E-state index contributed by atoms with van der Waals surface area (Å²) >= 11 is 0. The zero-order valence-corrected chi connectivity index (χ0v) is 8.90. The van der Waals surface area contributed by atoms with Gasteiger partial charge in [0.15, 0.2) is 5.82 Å². The molecule has 2 atom stereocenters. The molecule has 0 amide bonds. The van der Waals surface area contributed by atoms with Crippen LogP contribution in [-0.2, 0) is 13.6 Å². The third-order valence-electron chi connectivity index (χ3n) is 3.03. The number of aromatic nitrogens is 3. The van der Waals surface area contributed by atoms with Crippen molar-refractivity contribution in [2.24, 2.45) is 13.0 Å². The summed E-state index contributed by atoms with van der Waals surface area (Å²) in [5.41, 5.74) is 0. The maximum absolute atomic E-state index is 4.24. The van der Waals surface area contributed by atoms with Crippen LogP contribution in [0.25, 0.3) is 0 Å². The molecule has 1 aromatic heterocycles. The first-order valence-electron chi connectivity index (χ1n) is 5.33. The van der Waals surface area contributed by atoms with Crippen molar-refractivity contribution in [3.63, 3.8) is 0 Å². The van der Waals surface area contributed by atoms with E-state index in [1.54, 1.807) is 11.0 Å². The van der Waals surface area contributed by atoms with Crippen molar-refractivity contribution in [1.82, 2.24) is 20.1 Å². The lowest BCUT2D eigenvalue weighted by molar-refractivity contribution is 0.420. The maximum Gasteiger partial charge on any atom is 0.164 e. The first-order valence-corrected chi connectivity index (χ1v) is 5.33. The van der Waals surface area contributed by atoms with Gasteiger partial charge in [-0.2, -0.15) is 5.10 Å². The van der Waals surface area contributed by atoms with Crippen LogP contribution in [0.1, 0.15) is 32.0 Å². The summed E-state index contributed by atoms with van der Waals surface area (Å²) < 4.78 is 1.75. The second-order valence-electron chi connectivity index (χ2n) is 4.23. The lowest BCUT2D eigenvalue weighted by atomic mass is 10.1. The molecule has 14 heavy (non-hydrogen) atoms. The van der Waals surface area contributed by atoms with Gasteiger partial charge in [0.05, 0.1) is 6.54 Å². The summed E-state index contributed by atoms with van der Waals surface area (Å²) in [6.45, 7) is 3.12. The molecule has 1 saturated carbocycles. The molecular weight excluding hydrogens is 176 g/mol. The Bertz CT molecular complexity index is 294. The summed E-state index contributed by atoms with van der Waals surface area (Å²) in [6.07, 6.45) is 5.75. The van der Waals surface area contributed by atoms with E-state index in [1.165, 1.54) is 19.3 Å². The van der Waals surface area contributed by atoms with Crippen LogP contribution in [0, 0.1) is 5.92 Å². The molecule has 1 aliphatic rings. The molecule has 0 aromatic carbocycles. The molecular formula is C10H18N4. The SMILES string of the molecule is CC1CCCC1NCc1ncn(C)n1. The van der Waals surface area contributed by atoms with Crippen molar-refractivity contribution >= 4 is 0 Å². The molecule has 1 fully saturated rings. The van der Waals surface area contributed by atoms with Crippen molar-refractivity contribution in [2.45, 2.75) is 38.8 Å². The van der Waals surface area contributed by atoms with Crippen molar-refractivity contribution in [2.75, 3.05) is 0 Å². The highest BCUT2D eigenvalue weighted by Crippen LogP contribution is 2.24. The van der Waals surface area contributed by atoms with Gasteiger partial charge in [-0.1, -0.05) is 13.3 Å². The number of hydrogen-bond donors (Lipinski definition) is 1. The molecule has 78 valence electrons. The molecule has 0 aliphatic heterocycles. The Labute approximate surface area is 84.7 Å². The fourth-order valence-corrected chi connectivity index (χ4v) is 2.14. The topological polar surface area (TPSA) is 42.7 Å². The molecule has 1 aliphatic carbocycles. The predicted molar refractivity (Wildman–Crippen MR) is 54.6 cm³/mol. The van der Waals surface area contributed by atoms with Crippen LogP contribution in [0.4, 0.5) is 0 Å². The molecule has 1 N–H and O–H groups in total. The van der Waals surface area contributed by atoms with Crippen LogP contribution in [0.15, 0.2) is 6.33 Å². The molecule has 0 bridgehead atoms. The van der Waals surface area contributed by atoms with Gasteiger partial charge in [0.1, 0.15) is 6.33 Å². The van der Waals surface area contributed by atoms with Gasteiger partial charge in [-0.25, -0.2) is 4.98 Å². The molecule has 2 rings (SSSR count). The first kappa shape index (κ1) is 9.65. The Kier molecular flexibility index (Phi) is 2.82. The van der Waals surface area contributed by atoms with Crippen LogP contribution in [0.2, 0.25) is 0 Å². The van der Waals surface area contributed by atoms with Gasteiger partial charge in [0.25, 0.3) is 0 Å². The standard InChI is InChI=1S/C10H18N4/c1-8-4-3-5-9(8)11-6-10-12-7-14(2)13-10/h7-9,11H,3-6H2,1-2H3.